The van der Waals surface area contributed by atoms with Crippen LogP contribution in [0.4, 0.5) is 9.18 Å². The molecule has 0 bridgehead atoms. The van der Waals surface area contributed by atoms with Gasteiger partial charge in [-0.2, -0.15) is 0 Å². The Kier molecular flexibility index (Phi) is 5.34. The molecule has 1 unspecified atom stereocenters. The van der Waals surface area contributed by atoms with Crippen molar-refractivity contribution in [1.29, 1.82) is 0 Å². The SMILES string of the molecule is COC(=O)OCOc1c2n(ccc1=O)NC13C[C@@]1(c1cccc4c1Cc1ccc(F)cc1CS4)OC1(CC1)CN3C2=O. The highest BCUT2D eigenvalue weighted by Crippen LogP contribution is 2.70. The van der Waals surface area contributed by atoms with Gasteiger partial charge >= 0.3 is 6.16 Å². The number of halogens is 1. The summed E-state index contributed by atoms with van der Waals surface area (Å²) < 4.78 is 37.4. The minimum Gasteiger partial charge on any atom is -0.451 e. The van der Waals surface area contributed by atoms with Gasteiger partial charge in [0.15, 0.2) is 11.4 Å². The number of carbonyl (C=O) groups excluding carboxylic acids is 2. The average Bonchev–Trinajstić information content (AvgIpc) is 3.89. The van der Waals surface area contributed by atoms with Gasteiger partial charge in [-0.05, 0) is 59.7 Å². The van der Waals surface area contributed by atoms with E-state index in [-0.39, 0.29) is 23.2 Å². The van der Waals surface area contributed by atoms with Gasteiger partial charge in [0.1, 0.15) is 11.4 Å². The zero-order valence-electron chi connectivity index (χ0n) is 22.6. The van der Waals surface area contributed by atoms with Crippen molar-refractivity contribution in [3.8, 4) is 5.75 Å². The second-order valence-electron chi connectivity index (χ2n) is 11.4. The van der Waals surface area contributed by atoms with Gasteiger partial charge < -0.3 is 23.8 Å². The van der Waals surface area contributed by atoms with E-state index in [1.165, 1.54) is 23.0 Å². The highest BCUT2D eigenvalue weighted by atomic mass is 32.2. The van der Waals surface area contributed by atoms with Crippen LogP contribution in [-0.4, -0.2) is 53.3 Å². The molecule has 2 aromatic carbocycles. The highest BCUT2D eigenvalue weighted by molar-refractivity contribution is 7.98. The fourth-order valence-corrected chi connectivity index (χ4v) is 7.88. The number of ether oxygens (including phenoxy) is 4. The second-order valence-corrected chi connectivity index (χ2v) is 12.4. The summed E-state index contributed by atoms with van der Waals surface area (Å²) in [5.41, 5.74) is 4.98. The Balaban J connectivity index is 1.22. The number of fused-ring (bicyclic) bond motifs is 3. The Morgan fingerprint density at radius 2 is 2.02 bits per heavy atom. The lowest BCUT2D eigenvalue weighted by Gasteiger charge is -2.48. The number of hydrogen-bond donors (Lipinski definition) is 1. The fourth-order valence-electron chi connectivity index (χ4n) is 6.77. The van der Waals surface area contributed by atoms with E-state index in [0.717, 1.165) is 47.1 Å². The minimum absolute atomic E-state index is 0.0264. The molecule has 3 aliphatic heterocycles. The molecule has 216 valence electrons. The van der Waals surface area contributed by atoms with Gasteiger partial charge in [-0.25, -0.2) is 9.18 Å². The molecular weight excluding hydrogens is 565 g/mol. The number of amides is 1. The number of aromatic nitrogens is 1. The van der Waals surface area contributed by atoms with E-state index in [1.54, 1.807) is 22.7 Å². The first-order valence-electron chi connectivity index (χ1n) is 13.7. The molecule has 12 heteroatoms. The molecule has 2 saturated carbocycles. The van der Waals surface area contributed by atoms with Crippen LogP contribution >= 0.6 is 11.8 Å². The Morgan fingerprint density at radius 3 is 2.83 bits per heavy atom. The molecule has 2 aliphatic carbocycles. The Bertz CT molecular complexity index is 1760. The number of thioether (sulfide) groups is 1. The quantitative estimate of drug-likeness (QED) is 0.358. The maximum atomic E-state index is 14.3. The number of rotatable bonds is 4. The largest absolute Gasteiger partial charge is 0.510 e. The molecule has 1 amide bonds. The summed E-state index contributed by atoms with van der Waals surface area (Å²) in [6.45, 7) is -0.221. The number of pyridine rings is 1. The van der Waals surface area contributed by atoms with Gasteiger partial charge in [-0.3, -0.25) is 19.7 Å². The van der Waals surface area contributed by atoms with Crippen LogP contribution in [-0.2, 0) is 32.0 Å². The van der Waals surface area contributed by atoms with Crippen molar-refractivity contribution in [2.45, 2.75) is 53.2 Å². The van der Waals surface area contributed by atoms with Crippen LogP contribution in [0.5, 0.6) is 5.75 Å². The van der Waals surface area contributed by atoms with E-state index < -0.39 is 35.2 Å². The summed E-state index contributed by atoms with van der Waals surface area (Å²) >= 11 is 1.68. The summed E-state index contributed by atoms with van der Waals surface area (Å²) in [6.07, 6.45) is 3.31. The van der Waals surface area contributed by atoms with E-state index in [0.29, 0.717) is 25.1 Å². The number of carbonyl (C=O) groups is 2. The molecular formula is C30H26FN3O7S. The molecule has 1 aromatic heterocycles. The van der Waals surface area contributed by atoms with Gasteiger partial charge in [0, 0.05) is 29.3 Å². The molecule has 3 aromatic rings. The van der Waals surface area contributed by atoms with E-state index in [2.05, 4.69) is 22.3 Å². The number of methoxy groups -OCH3 is 1. The number of hydrogen-bond acceptors (Lipinski definition) is 9. The monoisotopic (exact) mass is 591 g/mol. The van der Waals surface area contributed by atoms with E-state index in [4.69, 9.17) is 14.2 Å². The Morgan fingerprint density at radius 1 is 1.17 bits per heavy atom. The minimum atomic E-state index is -0.970. The highest BCUT2D eigenvalue weighted by Gasteiger charge is 2.82. The molecule has 5 aliphatic rings. The molecule has 10 nitrogen and oxygen atoms in total. The topological polar surface area (TPSA) is 108 Å². The van der Waals surface area contributed by atoms with Gasteiger partial charge in [0.25, 0.3) is 5.91 Å². The van der Waals surface area contributed by atoms with Gasteiger partial charge in [0.05, 0.1) is 19.3 Å². The van der Waals surface area contributed by atoms with Crippen LogP contribution in [0.3, 0.4) is 0 Å². The summed E-state index contributed by atoms with van der Waals surface area (Å²) in [6, 6.07) is 12.4. The normalized spacial score (nSPS) is 25.5. The Hall–Kier alpha value is -4.03. The molecule has 1 saturated heterocycles. The van der Waals surface area contributed by atoms with Crippen LogP contribution in [0.15, 0.2) is 58.4 Å². The first-order valence-corrected chi connectivity index (χ1v) is 14.7. The lowest BCUT2D eigenvalue weighted by Crippen LogP contribution is -2.65. The third kappa shape index (κ3) is 3.57. The first kappa shape index (κ1) is 25.7. The molecule has 2 spiro atoms. The van der Waals surface area contributed by atoms with E-state index in [9.17, 15) is 18.8 Å². The molecule has 2 atom stereocenters. The summed E-state index contributed by atoms with van der Waals surface area (Å²) in [7, 11) is 1.16. The molecule has 42 heavy (non-hydrogen) atoms. The third-order valence-electron chi connectivity index (χ3n) is 8.99. The summed E-state index contributed by atoms with van der Waals surface area (Å²) in [5.74, 6) is -0.166. The molecule has 8 rings (SSSR count). The lowest BCUT2D eigenvalue weighted by molar-refractivity contribution is -0.129. The Labute approximate surface area is 243 Å². The van der Waals surface area contributed by atoms with Crippen molar-refractivity contribution in [1.82, 2.24) is 9.58 Å². The number of morpholine rings is 1. The molecule has 0 radical (unpaired) electrons. The predicted molar refractivity (Wildman–Crippen MR) is 147 cm³/mol. The molecule has 1 N–H and O–H groups in total. The standard InChI is InChI=1S/C30H26FN3O7S/c1-38-27(37)40-16-39-25-22(35)7-10-34-24(25)26(36)33-15-28(8-9-28)41-29(14-30(29,33)32-34)21-3-2-4-23-20(21)12-17-5-6-19(31)11-18(17)13-42-23/h2-7,10-11,32H,8-9,12-16H2,1H3/t29-,30?/m0/s1. The third-order valence-corrected chi connectivity index (χ3v) is 10.1. The van der Waals surface area contributed by atoms with Crippen LogP contribution < -0.4 is 15.6 Å². The van der Waals surface area contributed by atoms with Gasteiger partial charge in [0.2, 0.25) is 18.0 Å². The van der Waals surface area contributed by atoms with Gasteiger partial charge in [-0.15, -0.1) is 11.8 Å². The first-order chi connectivity index (χ1) is 20.3. The van der Waals surface area contributed by atoms with Crippen LogP contribution in [0.1, 0.15) is 52.0 Å². The van der Waals surface area contributed by atoms with Crippen LogP contribution in [0, 0.1) is 5.82 Å². The summed E-state index contributed by atoms with van der Waals surface area (Å²) in [4.78, 5) is 41.4. The van der Waals surface area contributed by atoms with Crippen molar-refractivity contribution in [3.05, 3.63) is 92.6 Å². The zero-order chi connectivity index (χ0) is 28.9. The van der Waals surface area contributed by atoms with Crippen molar-refractivity contribution < 1.29 is 32.9 Å². The molecule has 4 heterocycles. The molecule has 3 fully saturated rings. The maximum absolute atomic E-state index is 14.3. The maximum Gasteiger partial charge on any atom is 0.510 e. The van der Waals surface area contributed by atoms with Crippen molar-refractivity contribution >= 4 is 23.8 Å². The van der Waals surface area contributed by atoms with Gasteiger partial charge in [-0.1, -0.05) is 18.2 Å². The second kappa shape index (κ2) is 8.74. The lowest BCUT2D eigenvalue weighted by atomic mass is 9.91. The zero-order valence-corrected chi connectivity index (χ0v) is 23.4. The smallest absolute Gasteiger partial charge is 0.451 e. The van der Waals surface area contributed by atoms with Crippen molar-refractivity contribution in [2.75, 3.05) is 25.9 Å². The number of nitrogens with one attached hydrogen (secondary N) is 1. The predicted octanol–water partition coefficient (Wildman–Crippen LogP) is 3.86. The number of nitrogens with zero attached hydrogens (tertiary/aromatic N) is 2. The van der Waals surface area contributed by atoms with Crippen LogP contribution in [0.2, 0.25) is 0 Å². The number of benzene rings is 2. The van der Waals surface area contributed by atoms with E-state index >= 15 is 0 Å². The summed E-state index contributed by atoms with van der Waals surface area (Å²) in [5, 5.41) is 0. The average molecular weight is 592 g/mol. The van der Waals surface area contributed by atoms with Crippen molar-refractivity contribution in [3.63, 3.8) is 0 Å². The van der Waals surface area contributed by atoms with Crippen molar-refractivity contribution in [2.24, 2.45) is 0 Å². The van der Waals surface area contributed by atoms with E-state index in [1.807, 2.05) is 12.1 Å². The fraction of sp³-hybridized carbons (Fsp3) is 0.367. The van der Waals surface area contributed by atoms with Crippen LogP contribution in [0.25, 0.3) is 0 Å².